The van der Waals surface area contributed by atoms with Crippen molar-refractivity contribution in [2.24, 2.45) is 5.41 Å². The number of nitrogens with zero attached hydrogens (tertiary/aromatic N) is 5. The number of aryl methyl sites for hydroxylation is 2. The van der Waals surface area contributed by atoms with Crippen molar-refractivity contribution in [3.63, 3.8) is 0 Å². The van der Waals surface area contributed by atoms with Crippen LogP contribution in [-0.4, -0.2) is 44.9 Å². The van der Waals surface area contributed by atoms with Crippen LogP contribution >= 0.6 is 0 Å². The molecule has 8 nitrogen and oxygen atoms in total. The van der Waals surface area contributed by atoms with Gasteiger partial charge in [-0.3, -0.25) is 4.79 Å². The Morgan fingerprint density at radius 1 is 1.05 bits per heavy atom. The summed E-state index contributed by atoms with van der Waals surface area (Å²) in [4.78, 5) is 24.8. The molecule has 1 N–H and O–H groups in total. The van der Waals surface area contributed by atoms with E-state index < -0.39 is 12.3 Å². The number of halogens is 3. The second-order valence-corrected chi connectivity index (χ2v) is 9.94. The van der Waals surface area contributed by atoms with E-state index in [-0.39, 0.29) is 22.7 Å². The van der Waals surface area contributed by atoms with Crippen molar-refractivity contribution >= 4 is 23.2 Å². The first-order chi connectivity index (χ1) is 18.5. The second kappa shape index (κ2) is 9.87. The maximum absolute atomic E-state index is 13.4. The summed E-state index contributed by atoms with van der Waals surface area (Å²) in [6, 6.07) is 12.8. The molecule has 0 unspecified atom stereocenters. The van der Waals surface area contributed by atoms with Crippen molar-refractivity contribution in [3.8, 4) is 17.0 Å². The molecular formula is C28H29F3N6O2. The standard InChI is InChI=1S/C28H29F3N6O2/c1-5-27(6-2)15-36(16-27)23-13-9-12-22(33-23)34-26(38)24-18(4)32-25-17(3)14-20(35-37(24)25)19-10-7-8-11-21(19)39-28(29,30)31/h7-14H,5-6,15-16H2,1-4H3,(H,33,34,38). The van der Waals surface area contributed by atoms with E-state index in [2.05, 4.69) is 43.9 Å². The summed E-state index contributed by atoms with van der Waals surface area (Å²) < 4.78 is 44.6. The number of ether oxygens (including phenoxy) is 1. The fourth-order valence-electron chi connectivity index (χ4n) is 5.03. The Hall–Kier alpha value is -4.15. The maximum Gasteiger partial charge on any atom is 0.573 e. The van der Waals surface area contributed by atoms with Crippen molar-refractivity contribution in [2.45, 2.75) is 46.9 Å². The average molecular weight is 539 g/mol. The normalized spacial score (nSPS) is 14.8. The van der Waals surface area contributed by atoms with Crippen molar-refractivity contribution in [3.05, 3.63) is 65.5 Å². The summed E-state index contributed by atoms with van der Waals surface area (Å²) in [6.45, 7) is 9.68. The summed E-state index contributed by atoms with van der Waals surface area (Å²) in [5, 5.41) is 7.34. The van der Waals surface area contributed by atoms with E-state index in [1.807, 2.05) is 12.1 Å². The van der Waals surface area contributed by atoms with Crippen LogP contribution in [0.15, 0.2) is 48.5 Å². The number of hydrogen-bond donors (Lipinski definition) is 1. The number of imidazole rings is 1. The molecule has 1 fully saturated rings. The van der Waals surface area contributed by atoms with Crippen LogP contribution < -0.4 is 15.0 Å². The summed E-state index contributed by atoms with van der Waals surface area (Å²) in [7, 11) is 0. The first kappa shape index (κ1) is 26.5. The number of fused-ring (bicyclic) bond motifs is 1. The predicted octanol–water partition coefficient (Wildman–Crippen LogP) is 6.19. The molecule has 4 aromatic rings. The van der Waals surface area contributed by atoms with Crippen LogP contribution in [0.1, 0.15) is 48.4 Å². The average Bonchev–Trinajstić information content (AvgIpc) is 3.20. The fourth-order valence-corrected chi connectivity index (χ4v) is 5.03. The lowest BCUT2D eigenvalue weighted by Gasteiger charge is -2.50. The van der Waals surface area contributed by atoms with Gasteiger partial charge in [0.15, 0.2) is 11.3 Å². The molecule has 0 radical (unpaired) electrons. The number of pyridine rings is 1. The number of hydrogen-bond acceptors (Lipinski definition) is 6. The van der Waals surface area contributed by atoms with Crippen LogP contribution in [0.4, 0.5) is 24.8 Å². The third-order valence-corrected chi connectivity index (χ3v) is 7.40. The van der Waals surface area contributed by atoms with E-state index in [9.17, 15) is 18.0 Å². The molecule has 1 aromatic carbocycles. The zero-order valence-corrected chi connectivity index (χ0v) is 22.1. The smallest absolute Gasteiger partial charge is 0.405 e. The molecule has 0 atom stereocenters. The van der Waals surface area contributed by atoms with E-state index in [0.717, 1.165) is 31.7 Å². The van der Waals surface area contributed by atoms with Gasteiger partial charge in [0.25, 0.3) is 5.91 Å². The van der Waals surface area contributed by atoms with Crippen molar-refractivity contribution < 1.29 is 22.7 Å². The molecule has 1 aliphatic heterocycles. The minimum absolute atomic E-state index is 0.136. The second-order valence-electron chi connectivity index (χ2n) is 9.94. The summed E-state index contributed by atoms with van der Waals surface area (Å²) in [5.74, 6) is 0.307. The topological polar surface area (TPSA) is 84.7 Å². The Morgan fingerprint density at radius 2 is 1.77 bits per heavy atom. The van der Waals surface area contributed by atoms with Gasteiger partial charge < -0.3 is 15.0 Å². The largest absolute Gasteiger partial charge is 0.573 e. The highest BCUT2D eigenvalue weighted by Crippen LogP contribution is 2.39. The number of anilines is 2. The maximum atomic E-state index is 13.4. The molecule has 3 aromatic heterocycles. The monoisotopic (exact) mass is 538 g/mol. The molecule has 0 spiro atoms. The Kier molecular flexibility index (Phi) is 6.69. The zero-order chi connectivity index (χ0) is 27.9. The number of nitrogens with one attached hydrogen (secondary N) is 1. The summed E-state index contributed by atoms with van der Waals surface area (Å²) in [5.41, 5.74) is 2.30. The molecular weight excluding hydrogens is 509 g/mol. The van der Waals surface area contributed by atoms with E-state index >= 15 is 0 Å². The highest BCUT2D eigenvalue weighted by Gasteiger charge is 2.40. The van der Waals surface area contributed by atoms with Gasteiger partial charge in [-0.15, -0.1) is 13.2 Å². The van der Waals surface area contributed by atoms with E-state index in [1.165, 1.54) is 22.7 Å². The Morgan fingerprint density at radius 3 is 2.46 bits per heavy atom. The molecule has 5 rings (SSSR count). The molecule has 0 bridgehead atoms. The van der Waals surface area contributed by atoms with E-state index in [0.29, 0.717) is 28.1 Å². The Balaban J connectivity index is 1.46. The molecule has 1 aliphatic rings. The third-order valence-electron chi connectivity index (χ3n) is 7.40. The number of para-hydroxylation sites is 1. The highest BCUT2D eigenvalue weighted by atomic mass is 19.4. The number of carbonyl (C=O) groups is 1. The number of amides is 1. The number of carbonyl (C=O) groups excluding carboxylic acids is 1. The van der Waals surface area contributed by atoms with Gasteiger partial charge >= 0.3 is 6.36 Å². The summed E-state index contributed by atoms with van der Waals surface area (Å²) >= 11 is 0. The summed E-state index contributed by atoms with van der Waals surface area (Å²) in [6.07, 6.45) is -2.66. The molecule has 39 heavy (non-hydrogen) atoms. The minimum atomic E-state index is -4.86. The Labute approximate surface area is 223 Å². The first-order valence-corrected chi connectivity index (χ1v) is 12.8. The molecule has 4 heterocycles. The van der Waals surface area contributed by atoms with Crippen LogP contribution in [0.25, 0.3) is 16.9 Å². The van der Waals surface area contributed by atoms with E-state index in [1.54, 1.807) is 32.0 Å². The lowest BCUT2D eigenvalue weighted by atomic mass is 9.75. The van der Waals surface area contributed by atoms with Crippen LogP contribution in [0.5, 0.6) is 5.75 Å². The zero-order valence-electron chi connectivity index (χ0n) is 22.1. The lowest BCUT2D eigenvalue weighted by Crippen LogP contribution is -2.56. The molecule has 204 valence electrons. The van der Waals surface area contributed by atoms with E-state index in [4.69, 9.17) is 0 Å². The molecule has 1 saturated heterocycles. The molecule has 11 heteroatoms. The Bertz CT molecular complexity index is 1540. The molecule has 0 saturated carbocycles. The predicted molar refractivity (Wildman–Crippen MR) is 142 cm³/mol. The fraction of sp³-hybridized carbons (Fsp3) is 0.357. The number of benzene rings is 1. The van der Waals surface area contributed by atoms with Gasteiger partial charge in [0.2, 0.25) is 0 Å². The van der Waals surface area contributed by atoms with Gasteiger partial charge in [-0.1, -0.05) is 32.0 Å². The van der Waals surface area contributed by atoms with Crippen LogP contribution in [-0.2, 0) is 0 Å². The minimum Gasteiger partial charge on any atom is -0.405 e. The van der Waals surface area contributed by atoms with Crippen molar-refractivity contribution in [1.82, 2.24) is 19.6 Å². The lowest BCUT2D eigenvalue weighted by molar-refractivity contribution is -0.274. The number of alkyl halides is 3. The first-order valence-electron chi connectivity index (χ1n) is 12.8. The van der Waals surface area contributed by atoms with Gasteiger partial charge in [-0.05, 0) is 62.6 Å². The number of aromatic nitrogens is 4. The van der Waals surface area contributed by atoms with Gasteiger partial charge in [-0.25, -0.2) is 14.5 Å². The van der Waals surface area contributed by atoms with Crippen LogP contribution in [0.2, 0.25) is 0 Å². The van der Waals surface area contributed by atoms with Gasteiger partial charge in [-0.2, -0.15) is 5.10 Å². The van der Waals surface area contributed by atoms with Crippen molar-refractivity contribution in [1.29, 1.82) is 0 Å². The van der Waals surface area contributed by atoms with Gasteiger partial charge in [0, 0.05) is 24.1 Å². The SMILES string of the molecule is CCC1(CC)CN(c2cccc(NC(=O)c3c(C)nc4c(C)cc(-c5ccccc5OC(F)(F)F)nn34)n2)C1. The number of rotatable bonds is 7. The quantitative estimate of drug-likeness (QED) is 0.302. The van der Waals surface area contributed by atoms with Crippen molar-refractivity contribution in [2.75, 3.05) is 23.3 Å². The van der Waals surface area contributed by atoms with Crippen LogP contribution in [0, 0.1) is 19.3 Å². The third kappa shape index (κ3) is 5.13. The molecule has 1 amide bonds. The molecule has 0 aliphatic carbocycles. The van der Waals surface area contributed by atoms with Gasteiger partial charge in [0.05, 0.1) is 11.4 Å². The highest BCUT2D eigenvalue weighted by molar-refractivity contribution is 6.04. The van der Waals surface area contributed by atoms with Gasteiger partial charge in [0.1, 0.15) is 17.4 Å². The van der Waals surface area contributed by atoms with Crippen LogP contribution in [0.3, 0.4) is 0 Å².